The Morgan fingerprint density at radius 1 is 1.41 bits per heavy atom. The molecule has 4 rings (SSSR count). The van der Waals surface area contributed by atoms with Crippen LogP contribution in [0.1, 0.15) is 29.2 Å². The predicted octanol–water partition coefficient (Wildman–Crippen LogP) is 3.46. The molecular weight excluding hydrogens is 371 g/mol. The van der Waals surface area contributed by atoms with Gasteiger partial charge in [-0.2, -0.15) is 0 Å². The number of carbonyl (C=O) groups excluding carboxylic acids is 1. The summed E-state index contributed by atoms with van der Waals surface area (Å²) in [4.78, 5) is 17.7. The van der Waals surface area contributed by atoms with Crippen LogP contribution in [0.5, 0.6) is 0 Å². The van der Waals surface area contributed by atoms with E-state index in [-0.39, 0.29) is 29.0 Å². The van der Waals surface area contributed by atoms with Crippen molar-refractivity contribution < 1.29 is 18.4 Å². The van der Waals surface area contributed by atoms with Gasteiger partial charge in [-0.3, -0.25) is 4.79 Å². The second kappa shape index (κ2) is 7.24. The van der Waals surface area contributed by atoms with Crippen LogP contribution in [0.15, 0.2) is 22.2 Å². The molecule has 0 spiro atoms. The number of rotatable bonds is 5. The highest BCUT2D eigenvalue weighted by Crippen LogP contribution is 2.35. The number of nitrogens with zero attached hydrogens (tertiary/aromatic N) is 3. The Morgan fingerprint density at radius 3 is 2.85 bits per heavy atom. The van der Waals surface area contributed by atoms with E-state index in [1.54, 1.807) is 12.3 Å². The molecule has 1 aromatic carbocycles. The average molecular weight is 390 g/mol. The molecule has 2 aromatic heterocycles. The summed E-state index contributed by atoms with van der Waals surface area (Å²) >= 11 is 1.50. The predicted molar refractivity (Wildman–Crippen MR) is 101 cm³/mol. The molecule has 1 aliphatic rings. The molecule has 1 saturated heterocycles. The Labute approximate surface area is 159 Å². The normalized spacial score (nSPS) is 20.2. The van der Waals surface area contributed by atoms with Gasteiger partial charge >= 0.3 is 0 Å². The Balaban J connectivity index is 1.71. The number of thiazole rings is 1. The molecule has 142 valence electrons. The van der Waals surface area contributed by atoms with Crippen LogP contribution in [-0.2, 0) is 11.3 Å². The van der Waals surface area contributed by atoms with Gasteiger partial charge < -0.3 is 19.5 Å². The number of fused-ring (bicyclic) bond motifs is 1. The van der Waals surface area contributed by atoms with Gasteiger partial charge in [-0.1, -0.05) is 5.16 Å². The van der Waals surface area contributed by atoms with Crippen molar-refractivity contribution in [2.24, 2.45) is 0 Å². The van der Waals surface area contributed by atoms with E-state index >= 15 is 4.39 Å². The lowest BCUT2D eigenvalue weighted by Crippen LogP contribution is -2.46. The van der Waals surface area contributed by atoms with Gasteiger partial charge in [0.05, 0.1) is 29.8 Å². The molecule has 0 aliphatic carbocycles. The van der Waals surface area contributed by atoms with E-state index in [4.69, 9.17) is 9.26 Å². The fourth-order valence-electron chi connectivity index (χ4n) is 3.45. The van der Waals surface area contributed by atoms with E-state index in [1.807, 2.05) is 24.1 Å². The van der Waals surface area contributed by atoms with Crippen LogP contribution in [0.2, 0.25) is 0 Å². The fraction of sp³-hybridized carbons (Fsp3) is 0.389. The lowest BCUT2D eigenvalue weighted by molar-refractivity contribution is -0.00543. The monoisotopic (exact) mass is 390 g/mol. The molecule has 2 unspecified atom stereocenters. The number of hydrogen-bond donors (Lipinski definition) is 1. The number of hydrogen-bond acceptors (Lipinski definition) is 8. The minimum Gasteiger partial charge on any atom is -0.372 e. The van der Waals surface area contributed by atoms with Gasteiger partial charge in [-0.25, -0.2) is 9.37 Å². The van der Waals surface area contributed by atoms with E-state index in [1.165, 1.54) is 11.3 Å². The SMILES string of the molecule is CC1CN(c2c(C=O)cc3c(NCc4nccs4)noc3c2F)CC(C)O1. The minimum absolute atomic E-state index is 0.0315. The third kappa shape index (κ3) is 3.40. The zero-order valence-electron chi connectivity index (χ0n) is 14.9. The first kappa shape index (κ1) is 17.9. The Kier molecular flexibility index (Phi) is 4.79. The Bertz CT molecular complexity index is 949. The van der Waals surface area contributed by atoms with Crippen molar-refractivity contribution in [2.75, 3.05) is 23.3 Å². The van der Waals surface area contributed by atoms with Crippen LogP contribution in [0.25, 0.3) is 11.0 Å². The molecular formula is C18H19FN4O3S. The zero-order valence-corrected chi connectivity index (χ0v) is 15.8. The number of morpholine rings is 1. The maximum Gasteiger partial charge on any atom is 0.206 e. The maximum absolute atomic E-state index is 15.3. The van der Waals surface area contributed by atoms with Gasteiger partial charge in [-0.05, 0) is 19.9 Å². The van der Waals surface area contributed by atoms with Crippen molar-refractivity contribution in [3.8, 4) is 0 Å². The average Bonchev–Trinajstić information content (AvgIpc) is 3.28. The van der Waals surface area contributed by atoms with Gasteiger partial charge in [-0.15, -0.1) is 11.3 Å². The standard InChI is InChI=1S/C18H19FN4O3S/c1-10-7-23(8-11(2)25-10)16-12(9-24)5-13-17(15(16)19)26-22-18(13)21-6-14-20-3-4-27-14/h3-5,9-11H,6-8H2,1-2H3,(H,21,22). The molecule has 0 radical (unpaired) electrons. The molecule has 1 N–H and O–H groups in total. The molecule has 3 aromatic rings. The Morgan fingerprint density at radius 2 is 2.19 bits per heavy atom. The minimum atomic E-state index is -0.578. The van der Waals surface area contributed by atoms with Crippen LogP contribution in [0.4, 0.5) is 15.9 Å². The highest BCUT2D eigenvalue weighted by molar-refractivity contribution is 7.09. The highest BCUT2D eigenvalue weighted by atomic mass is 32.1. The summed E-state index contributed by atoms with van der Waals surface area (Å²) in [6, 6.07) is 1.62. The first-order valence-corrected chi connectivity index (χ1v) is 9.54. The van der Waals surface area contributed by atoms with Crippen LogP contribution >= 0.6 is 11.3 Å². The molecule has 9 heteroatoms. The van der Waals surface area contributed by atoms with Crippen LogP contribution in [0.3, 0.4) is 0 Å². The summed E-state index contributed by atoms with van der Waals surface area (Å²) in [6.07, 6.45) is 2.26. The van der Waals surface area contributed by atoms with Gasteiger partial charge in [0.15, 0.2) is 17.9 Å². The summed E-state index contributed by atoms with van der Waals surface area (Å²) in [6.45, 7) is 5.29. The molecule has 1 fully saturated rings. The maximum atomic E-state index is 15.3. The number of anilines is 2. The molecule has 27 heavy (non-hydrogen) atoms. The third-order valence-electron chi connectivity index (χ3n) is 4.46. The summed E-state index contributed by atoms with van der Waals surface area (Å²) in [7, 11) is 0. The number of ether oxygens (including phenoxy) is 1. The summed E-state index contributed by atoms with van der Waals surface area (Å²) in [5.74, 6) is -0.192. The van der Waals surface area contributed by atoms with E-state index in [0.717, 1.165) is 5.01 Å². The fourth-order valence-corrected chi connectivity index (χ4v) is 4.00. The first-order valence-electron chi connectivity index (χ1n) is 8.66. The first-order chi connectivity index (χ1) is 13.1. The van der Waals surface area contributed by atoms with Gasteiger partial charge in [0.1, 0.15) is 5.01 Å². The number of benzene rings is 1. The smallest absolute Gasteiger partial charge is 0.206 e. The number of halogens is 1. The summed E-state index contributed by atoms with van der Waals surface area (Å²) in [5, 5.41) is 10.2. The van der Waals surface area contributed by atoms with Crippen molar-refractivity contribution in [1.29, 1.82) is 0 Å². The van der Waals surface area contributed by atoms with Crippen LogP contribution < -0.4 is 10.2 Å². The van der Waals surface area contributed by atoms with E-state index in [2.05, 4.69) is 15.5 Å². The van der Waals surface area contributed by atoms with Crippen molar-refractivity contribution in [3.05, 3.63) is 34.0 Å². The largest absolute Gasteiger partial charge is 0.372 e. The van der Waals surface area contributed by atoms with E-state index < -0.39 is 5.82 Å². The molecule has 0 amide bonds. The van der Waals surface area contributed by atoms with Gasteiger partial charge in [0.2, 0.25) is 5.58 Å². The van der Waals surface area contributed by atoms with Crippen molar-refractivity contribution in [1.82, 2.24) is 10.1 Å². The van der Waals surface area contributed by atoms with Crippen LogP contribution in [0, 0.1) is 5.82 Å². The van der Waals surface area contributed by atoms with Crippen molar-refractivity contribution in [3.63, 3.8) is 0 Å². The van der Waals surface area contributed by atoms with E-state index in [9.17, 15) is 4.79 Å². The topological polar surface area (TPSA) is 80.5 Å². The molecule has 0 saturated carbocycles. The van der Waals surface area contributed by atoms with Gasteiger partial charge in [0, 0.05) is 30.2 Å². The summed E-state index contributed by atoms with van der Waals surface area (Å²) in [5.41, 5.74) is 0.535. The molecule has 0 bridgehead atoms. The second-order valence-electron chi connectivity index (χ2n) is 6.60. The Hall–Kier alpha value is -2.52. The molecule has 7 nitrogen and oxygen atoms in total. The van der Waals surface area contributed by atoms with Crippen LogP contribution in [-0.4, -0.2) is 41.7 Å². The van der Waals surface area contributed by atoms with E-state index in [0.29, 0.717) is 37.1 Å². The number of aromatic nitrogens is 2. The molecule has 1 aliphatic heterocycles. The quantitative estimate of drug-likeness (QED) is 0.668. The lowest BCUT2D eigenvalue weighted by atomic mass is 10.1. The number of nitrogens with one attached hydrogen (secondary N) is 1. The number of aldehydes is 1. The lowest BCUT2D eigenvalue weighted by Gasteiger charge is -2.37. The van der Waals surface area contributed by atoms with Gasteiger partial charge in [0.25, 0.3) is 0 Å². The summed E-state index contributed by atoms with van der Waals surface area (Å²) < 4.78 is 26.2. The highest BCUT2D eigenvalue weighted by Gasteiger charge is 2.29. The number of carbonyl (C=O) groups is 1. The van der Waals surface area contributed by atoms with Crippen molar-refractivity contribution in [2.45, 2.75) is 32.6 Å². The second-order valence-corrected chi connectivity index (χ2v) is 7.57. The molecule has 2 atom stereocenters. The van der Waals surface area contributed by atoms with Crippen molar-refractivity contribution >= 4 is 40.1 Å². The molecule has 3 heterocycles. The third-order valence-corrected chi connectivity index (χ3v) is 5.24. The zero-order chi connectivity index (χ0) is 19.0.